The number of aromatic nitrogens is 2. The fraction of sp³-hybridized carbons (Fsp3) is 0.345. The van der Waals surface area contributed by atoms with Crippen molar-refractivity contribution in [2.45, 2.75) is 57.6 Å². The first-order valence-corrected chi connectivity index (χ1v) is 11.9. The van der Waals surface area contributed by atoms with Crippen molar-refractivity contribution in [2.75, 3.05) is 7.11 Å². The lowest BCUT2D eigenvalue weighted by Gasteiger charge is -2.31. The van der Waals surface area contributed by atoms with Gasteiger partial charge in [-0.2, -0.15) is 0 Å². The van der Waals surface area contributed by atoms with E-state index in [0.717, 1.165) is 60.6 Å². The van der Waals surface area contributed by atoms with Crippen molar-refractivity contribution >= 4 is 0 Å². The summed E-state index contributed by atoms with van der Waals surface area (Å²) in [4.78, 5) is 4.94. The molecule has 1 N–H and O–H groups in total. The van der Waals surface area contributed by atoms with Gasteiger partial charge in [0.15, 0.2) is 0 Å². The normalized spacial score (nSPS) is 16.9. The Morgan fingerprint density at radius 3 is 2.15 bits per heavy atom. The van der Waals surface area contributed by atoms with Crippen LogP contribution in [-0.2, 0) is 12.0 Å². The molecule has 0 amide bonds. The average molecular weight is 461 g/mol. The van der Waals surface area contributed by atoms with Gasteiger partial charge in [0.2, 0.25) is 0 Å². The molecule has 2 aliphatic rings. The lowest BCUT2D eigenvalue weighted by atomic mass is 9.84. The Kier molecular flexibility index (Phi) is 7.32. The molecule has 1 aliphatic heterocycles. The third kappa shape index (κ3) is 5.15. The van der Waals surface area contributed by atoms with Gasteiger partial charge in [0.05, 0.1) is 18.5 Å². The zero-order valence-corrected chi connectivity index (χ0v) is 20.2. The van der Waals surface area contributed by atoms with Gasteiger partial charge in [-0.1, -0.05) is 50.3 Å². The fourth-order valence-electron chi connectivity index (χ4n) is 4.58. The third-order valence-corrected chi connectivity index (χ3v) is 6.48. The summed E-state index contributed by atoms with van der Waals surface area (Å²) in [7, 11) is 1.62. The lowest BCUT2D eigenvalue weighted by molar-refractivity contribution is 0.205. The molecule has 1 atom stereocenters. The van der Waals surface area contributed by atoms with E-state index in [1.165, 1.54) is 12.1 Å². The van der Waals surface area contributed by atoms with Gasteiger partial charge in [0, 0.05) is 17.5 Å². The predicted octanol–water partition coefficient (Wildman–Crippen LogP) is 6.74. The number of nitrogens with zero attached hydrogens (tertiary/aromatic N) is 2. The van der Waals surface area contributed by atoms with E-state index in [0.29, 0.717) is 5.69 Å². The highest BCUT2D eigenvalue weighted by molar-refractivity contribution is 5.64. The molecule has 0 radical (unpaired) electrons. The maximum Gasteiger partial charge on any atom is 0.123 e. The summed E-state index contributed by atoms with van der Waals surface area (Å²) in [5.74, 6) is 1.43. The summed E-state index contributed by atoms with van der Waals surface area (Å²) in [6, 6.07) is 13.7. The van der Waals surface area contributed by atoms with Crippen molar-refractivity contribution in [3.05, 3.63) is 95.7 Å². The second-order valence-corrected chi connectivity index (χ2v) is 9.41. The highest BCUT2D eigenvalue weighted by Gasteiger charge is 2.35. The number of halogens is 1. The first-order chi connectivity index (χ1) is 16.4. The van der Waals surface area contributed by atoms with Gasteiger partial charge in [-0.3, -0.25) is 0 Å². The number of fused-ring (bicyclic) bond motifs is 1. The van der Waals surface area contributed by atoms with Crippen LogP contribution in [0.4, 0.5) is 4.39 Å². The zero-order chi connectivity index (χ0) is 24.1. The topological polar surface area (TPSA) is 47.3 Å². The Morgan fingerprint density at radius 2 is 1.59 bits per heavy atom. The minimum absolute atomic E-state index is 0.0785. The number of allylic oxidation sites excluding steroid dienone is 4. The Hall–Kier alpha value is -3.18. The van der Waals surface area contributed by atoms with E-state index >= 15 is 0 Å². The van der Waals surface area contributed by atoms with Crippen LogP contribution in [-0.4, -0.2) is 21.8 Å². The minimum atomic E-state index is -0.832. The molecule has 5 heteroatoms. The van der Waals surface area contributed by atoms with E-state index < -0.39 is 6.10 Å². The summed E-state index contributed by atoms with van der Waals surface area (Å²) in [5.41, 5.74) is 2.98. The molecule has 0 saturated carbocycles. The van der Waals surface area contributed by atoms with Crippen molar-refractivity contribution in [1.82, 2.24) is 9.55 Å². The van der Waals surface area contributed by atoms with Gasteiger partial charge in [-0.05, 0) is 67.6 Å². The number of benzene rings is 2. The van der Waals surface area contributed by atoms with E-state index in [9.17, 15) is 9.50 Å². The largest absolute Gasteiger partial charge is 0.497 e. The van der Waals surface area contributed by atoms with Crippen LogP contribution < -0.4 is 4.74 Å². The molecule has 5 rings (SSSR count). The van der Waals surface area contributed by atoms with Crippen molar-refractivity contribution in [3.63, 3.8) is 0 Å². The Bertz CT molecular complexity index is 1140. The van der Waals surface area contributed by atoms with Crippen LogP contribution in [0.3, 0.4) is 0 Å². The van der Waals surface area contributed by atoms with Crippen molar-refractivity contribution in [2.24, 2.45) is 0 Å². The van der Waals surface area contributed by atoms with Crippen LogP contribution in [0.5, 0.6) is 5.75 Å². The van der Waals surface area contributed by atoms with Crippen molar-refractivity contribution in [1.29, 1.82) is 0 Å². The summed E-state index contributed by atoms with van der Waals surface area (Å²) in [5, 5.41) is 11.3. The number of methoxy groups -OCH3 is 1. The summed E-state index contributed by atoms with van der Waals surface area (Å²) >= 11 is 0. The van der Waals surface area contributed by atoms with Crippen LogP contribution in [0.1, 0.15) is 62.7 Å². The highest BCUT2D eigenvalue weighted by atomic mass is 19.1. The standard InChI is InChI=1S/C23H25FN2O2.C6H8/c1-23(2)13-4-14-26-20(21(27)16-7-11-18(28-3)12-8-16)19(25-22(23)26)15-5-9-17(24)10-6-15;1-2-4-6-5-3-1/h5-12,21,27H,4,13-14H2,1-3H3;1-2,5-6H,3-4H2. The smallest absolute Gasteiger partial charge is 0.123 e. The van der Waals surface area contributed by atoms with E-state index in [2.05, 4.69) is 42.7 Å². The van der Waals surface area contributed by atoms with E-state index in [1.54, 1.807) is 19.2 Å². The Morgan fingerprint density at radius 1 is 0.971 bits per heavy atom. The fourth-order valence-corrected chi connectivity index (χ4v) is 4.58. The predicted molar refractivity (Wildman–Crippen MR) is 134 cm³/mol. The summed E-state index contributed by atoms with van der Waals surface area (Å²) < 4.78 is 20.8. The SMILES string of the molecule is C1=CCC=CC1.COc1ccc(C(O)c2c(-c3ccc(F)cc3)nc3n2CCCC3(C)C)cc1. The van der Waals surface area contributed by atoms with Gasteiger partial charge < -0.3 is 14.4 Å². The van der Waals surface area contributed by atoms with Crippen LogP contribution in [0.15, 0.2) is 72.8 Å². The average Bonchev–Trinajstić information content (AvgIpc) is 3.27. The molecule has 1 unspecified atom stereocenters. The number of hydrogen-bond donors (Lipinski definition) is 1. The molecule has 1 aromatic heterocycles. The number of rotatable bonds is 4. The minimum Gasteiger partial charge on any atom is -0.497 e. The monoisotopic (exact) mass is 460 g/mol. The molecule has 4 nitrogen and oxygen atoms in total. The second-order valence-electron chi connectivity index (χ2n) is 9.41. The maximum absolute atomic E-state index is 13.5. The van der Waals surface area contributed by atoms with Gasteiger partial charge in [-0.15, -0.1) is 0 Å². The molecular weight excluding hydrogens is 427 g/mol. The number of imidazole rings is 1. The lowest BCUT2D eigenvalue weighted by Crippen LogP contribution is -2.29. The van der Waals surface area contributed by atoms with Gasteiger partial charge in [-0.25, -0.2) is 9.37 Å². The van der Waals surface area contributed by atoms with E-state index in [-0.39, 0.29) is 11.2 Å². The van der Waals surface area contributed by atoms with Gasteiger partial charge in [0.25, 0.3) is 0 Å². The first-order valence-electron chi connectivity index (χ1n) is 11.9. The quantitative estimate of drug-likeness (QED) is 0.439. The molecule has 0 fully saturated rings. The molecule has 2 heterocycles. The van der Waals surface area contributed by atoms with Gasteiger partial charge >= 0.3 is 0 Å². The molecule has 0 spiro atoms. The van der Waals surface area contributed by atoms with Crippen LogP contribution in [0.2, 0.25) is 0 Å². The van der Waals surface area contributed by atoms with Crippen LogP contribution >= 0.6 is 0 Å². The molecule has 1 aliphatic carbocycles. The summed E-state index contributed by atoms with van der Waals surface area (Å²) in [6.07, 6.45) is 12.2. The molecular formula is C29H33FN2O2. The number of aliphatic hydroxyl groups is 1. The molecule has 178 valence electrons. The van der Waals surface area contributed by atoms with E-state index in [1.807, 2.05) is 24.3 Å². The van der Waals surface area contributed by atoms with Crippen molar-refractivity contribution < 1.29 is 14.2 Å². The number of aliphatic hydroxyl groups excluding tert-OH is 1. The second kappa shape index (κ2) is 10.4. The molecule has 0 saturated heterocycles. The highest BCUT2D eigenvalue weighted by Crippen LogP contribution is 2.40. The third-order valence-electron chi connectivity index (χ3n) is 6.48. The number of hydrogen-bond acceptors (Lipinski definition) is 3. The molecule has 0 bridgehead atoms. The van der Waals surface area contributed by atoms with Gasteiger partial charge in [0.1, 0.15) is 23.5 Å². The zero-order valence-electron chi connectivity index (χ0n) is 20.2. The maximum atomic E-state index is 13.5. The first kappa shape index (κ1) is 24.0. The Balaban J connectivity index is 0.000000398. The molecule has 3 aromatic rings. The van der Waals surface area contributed by atoms with Crippen LogP contribution in [0.25, 0.3) is 11.3 Å². The van der Waals surface area contributed by atoms with Crippen LogP contribution in [0, 0.1) is 5.82 Å². The summed E-state index contributed by atoms with van der Waals surface area (Å²) in [6.45, 7) is 5.18. The van der Waals surface area contributed by atoms with E-state index in [4.69, 9.17) is 9.72 Å². The number of ether oxygens (including phenoxy) is 1. The molecule has 34 heavy (non-hydrogen) atoms. The molecule has 2 aromatic carbocycles. The Labute approximate surface area is 201 Å². The van der Waals surface area contributed by atoms with Crippen molar-refractivity contribution in [3.8, 4) is 17.0 Å².